The molecule has 0 saturated carbocycles. The maximum absolute atomic E-state index is 11.5. The monoisotopic (exact) mass is 290 g/mol. The van der Waals surface area contributed by atoms with E-state index in [0.717, 1.165) is 5.56 Å². The number of carboxylic acids is 1. The average Bonchev–Trinajstić information content (AvgIpc) is 2.91. The summed E-state index contributed by atoms with van der Waals surface area (Å²) in [6, 6.07) is 7.12. The van der Waals surface area contributed by atoms with Crippen LogP contribution in [0.25, 0.3) is 0 Å². The zero-order valence-corrected chi connectivity index (χ0v) is 11.6. The van der Waals surface area contributed by atoms with Gasteiger partial charge in [-0.25, -0.2) is 9.59 Å². The van der Waals surface area contributed by atoms with Gasteiger partial charge >= 0.3 is 11.9 Å². The van der Waals surface area contributed by atoms with Gasteiger partial charge in [-0.2, -0.15) is 5.10 Å². The van der Waals surface area contributed by atoms with Crippen molar-refractivity contribution in [1.29, 1.82) is 0 Å². The van der Waals surface area contributed by atoms with E-state index in [4.69, 9.17) is 4.74 Å². The van der Waals surface area contributed by atoms with E-state index < -0.39 is 11.9 Å². The molecule has 7 heteroatoms. The third-order valence-corrected chi connectivity index (χ3v) is 2.94. The highest BCUT2D eigenvalue weighted by Gasteiger charge is 2.23. The fourth-order valence-electron chi connectivity index (χ4n) is 1.89. The molecule has 0 fully saturated rings. The highest BCUT2D eigenvalue weighted by molar-refractivity contribution is 6.01. The highest BCUT2D eigenvalue weighted by atomic mass is 16.5. The number of ether oxygens (including phenoxy) is 2. The Balaban J connectivity index is 2.33. The molecule has 0 spiro atoms. The first-order valence-electron chi connectivity index (χ1n) is 6.07. The summed E-state index contributed by atoms with van der Waals surface area (Å²) in [5.74, 6) is -1.26. The number of aromatic carboxylic acids is 1. The molecule has 0 aliphatic rings. The summed E-state index contributed by atoms with van der Waals surface area (Å²) in [6.07, 6.45) is 1.19. The summed E-state index contributed by atoms with van der Waals surface area (Å²) in [7, 11) is 2.75. The molecule has 2 aromatic rings. The van der Waals surface area contributed by atoms with Gasteiger partial charge in [-0.15, -0.1) is 0 Å². The first-order chi connectivity index (χ1) is 10.1. The lowest BCUT2D eigenvalue weighted by Gasteiger charge is -2.07. The summed E-state index contributed by atoms with van der Waals surface area (Å²) in [5, 5.41) is 13.2. The van der Waals surface area contributed by atoms with Crippen molar-refractivity contribution >= 4 is 11.9 Å². The van der Waals surface area contributed by atoms with Crippen molar-refractivity contribution in [2.75, 3.05) is 14.2 Å². The summed E-state index contributed by atoms with van der Waals surface area (Å²) >= 11 is 0. The van der Waals surface area contributed by atoms with Crippen molar-refractivity contribution in [2.24, 2.45) is 0 Å². The van der Waals surface area contributed by atoms with Gasteiger partial charge in [-0.3, -0.25) is 4.68 Å². The van der Waals surface area contributed by atoms with Crippen molar-refractivity contribution in [3.05, 3.63) is 47.3 Å². The number of rotatable bonds is 5. The van der Waals surface area contributed by atoms with Crippen LogP contribution in [0.5, 0.6) is 5.75 Å². The first-order valence-corrected chi connectivity index (χ1v) is 6.07. The molecule has 21 heavy (non-hydrogen) atoms. The quantitative estimate of drug-likeness (QED) is 0.838. The third kappa shape index (κ3) is 3.02. The van der Waals surface area contributed by atoms with Crippen LogP contribution in [-0.2, 0) is 11.3 Å². The van der Waals surface area contributed by atoms with E-state index in [0.29, 0.717) is 5.75 Å². The SMILES string of the molecule is COC(=O)c1cnn(Cc2ccc(OC)cc2)c1C(=O)O. The van der Waals surface area contributed by atoms with Crippen LogP contribution in [0, 0.1) is 0 Å². The van der Waals surface area contributed by atoms with Gasteiger partial charge in [0, 0.05) is 0 Å². The van der Waals surface area contributed by atoms with Crippen LogP contribution in [0.1, 0.15) is 26.4 Å². The lowest BCUT2D eigenvalue weighted by Crippen LogP contribution is -2.15. The van der Waals surface area contributed by atoms with Crippen molar-refractivity contribution < 1.29 is 24.2 Å². The number of esters is 1. The second kappa shape index (κ2) is 6.08. The molecule has 1 aromatic carbocycles. The predicted molar refractivity (Wildman–Crippen MR) is 72.6 cm³/mol. The standard InChI is InChI=1S/C14H14N2O5/c1-20-10-5-3-9(4-6-10)8-16-12(13(17)18)11(7-15-16)14(19)21-2/h3-7H,8H2,1-2H3,(H,17,18). The molecule has 0 aliphatic heterocycles. The summed E-state index contributed by atoms with van der Waals surface area (Å²) in [6.45, 7) is 0.225. The van der Waals surface area contributed by atoms with Gasteiger partial charge < -0.3 is 14.6 Å². The number of methoxy groups -OCH3 is 2. The molecule has 0 unspecified atom stereocenters. The number of benzene rings is 1. The molecule has 0 radical (unpaired) electrons. The Bertz CT molecular complexity index is 661. The Kier molecular flexibility index (Phi) is 4.22. The Hall–Kier alpha value is -2.83. The van der Waals surface area contributed by atoms with Gasteiger partial charge in [-0.05, 0) is 17.7 Å². The molecule has 7 nitrogen and oxygen atoms in total. The number of hydrogen-bond acceptors (Lipinski definition) is 5. The Morgan fingerprint density at radius 2 is 1.90 bits per heavy atom. The fraction of sp³-hybridized carbons (Fsp3) is 0.214. The maximum Gasteiger partial charge on any atom is 0.355 e. The lowest BCUT2D eigenvalue weighted by molar-refractivity contribution is 0.0580. The third-order valence-electron chi connectivity index (χ3n) is 2.94. The van der Waals surface area contributed by atoms with E-state index >= 15 is 0 Å². The molecule has 2 rings (SSSR count). The van der Waals surface area contributed by atoms with Gasteiger partial charge in [-0.1, -0.05) is 12.1 Å². The number of hydrogen-bond donors (Lipinski definition) is 1. The van der Waals surface area contributed by atoms with Crippen LogP contribution in [-0.4, -0.2) is 41.0 Å². The van der Waals surface area contributed by atoms with Crippen molar-refractivity contribution in [3.8, 4) is 5.75 Å². The number of carboxylic acid groups (broad SMARTS) is 1. The van der Waals surface area contributed by atoms with Crippen LogP contribution < -0.4 is 4.74 Å². The van der Waals surface area contributed by atoms with Gasteiger partial charge in [0.25, 0.3) is 0 Å². The molecular weight excluding hydrogens is 276 g/mol. The average molecular weight is 290 g/mol. The van der Waals surface area contributed by atoms with Crippen LogP contribution >= 0.6 is 0 Å². The molecule has 0 atom stereocenters. The molecule has 1 N–H and O–H groups in total. The Morgan fingerprint density at radius 3 is 2.43 bits per heavy atom. The van der Waals surface area contributed by atoms with E-state index in [-0.39, 0.29) is 17.8 Å². The molecule has 1 heterocycles. The lowest BCUT2D eigenvalue weighted by atomic mass is 10.2. The highest BCUT2D eigenvalue weighted by Crippen LogP contribution is 2.15. The Labute approximate surface area is 120 Å². The Morgan fingerprint density at radius 1 is 1.24 bits per heavy atom. The predicted octanol–water partition coefficient (Wildman–Crippen LogP) is 1.42. The molecule has 0 amide bonds. The second-order valence-corrected chi connectivity index (χ2v) is 4.21. The van der Waals surface area contributed by atoms with E-state index in [9.17, 15) is 14.7 Å². The number of carbonyl (C=O) groups is 2. The minimum absolute atomic E-state index is 0.0708. The van der Waals surface area contributed by atoms with Crippen molar-refractivity contribution in [2.45, 2.75) is 6.54 Å². The molecule has 0 bridgehead atoms. The number of nitrogens with zero attached hydrogens (tertiary/aromatic N) is 2. The zero-order valence-electron chi connectivity index (χ0n) is 11.6. The van der Waals surface area contributed by atoms with Gasteiger partial charge in [0.2, 0.25) is 0 Å². The minimum Gasteiger partial charge on any atom is -0.497 e. The van der Waals surface area contributed by atoms with Crippen LogP contribution in [0.3, 0.4) is 0 Å². The van der Waals surface area contributed by atoms with E-state index in [1.54, 1.807) is 31.4 Å². The smallest absolute Gasteiger partial charge is 0.355 e. The first kappa shape index (κ1) is 14.6. The van der Waals surface area contributed by atoms with E-state index in [1.807, 2.05) is 0 Å². The van der Waals surface area contributed by atoms with Crippen LogP contribution in [0.4, 0.5) is 0 Å². The summed E-state index contributed by atoms with van der Waals surface area (Å²) in [5.41, 5.74) is 0.564. The summed E-state index contributed by atoms with van der Waals surface area (Å²) in [4.78, 5) is 22.9. The molecule has 0 aliphatic carbocycles. The van der Waals surface area contributed by atoms with Crippen LogP contribution in [0.2, 0.25) is 0 Å². The van der Waals surface area contributed by atoms with Crippen molar-refractivity contribution in [1.82, 2.24) is 9.78 Å². The van der Waals surface area contributed by atoms with Gasteiger partial charge in [0.1, 0.15) is 11.3 Å². The van der Waals surface area contributed by atoms with E-state index in [1.165, 1.54) is 18.0 Å². The molecule has 110 valence electrons. The van der Waals surface area contributed by atoms with Crippen molar-refractivity contribution in [3.63, 3.8) is 0 Å². The second-order valence-electron chi connectivity index (χ2n) is 4.21. The summed E-state index contributed by atoms with van der Waals surface area (Å²) < 4.78 is 10.8. The topological polar surface area (TPSA) is 90.6 Å². The number of aromatic nitrogens is 2. The molecular formula is C14H14N2O5. The van der Waals surface area contributed by atoms with E-state index in [2.05, 4.69) is 9.84 Å². The zero-order chi connectivity index (χ0) is 15.4. The maximum atomic E-state index is 11.5. The minimum atomic E-state index is -1.23. The largest absolute Gasteiger partial charge is 0.497 e. The number of carbonyl (C=O) groups excluding carboxylic acids is 1. The molecule has 0 saturated heterocycles. The van der Waals surface area contributed by atoms with Crippen LogP contribution in [0.15, 0.2) is 30.5 Å². The molecule has 1 aromatic heterocycles. The van der Waals surface area contributed by atoms with Gasteiger partial charge in [0.05, 0.1) is 27.0 Å². The normalized spacial score (nSPS) is 10.2. The van der Waals surface area contributed by atoms with Gasteiger partial charge in [0.15, 0.2) is 5.69 Å². The fourth-order valence-corrected chi connectivity index (χ4v) is 1.89.